The molecule has 4 nitrogen and oxygen atoms in total. The summed E-state index contributed by atoms with van der Waals surface area (Å²) in [5.41, 5.74) is 0. The summed E-state index contributed by atoms with van der Waals surface area (Å²) in [6.07, 6.45) is 0.987. The van der Waals surface area contributed by atoms with Gasteiger partial charge in [-0.2, -0.15) is 0 Å². The van der Waals surface area contributed by atoms with Gasteiger partial charge in [0, 0.05) is 27.9 Å². The van der Waals surface area contributed by atoms with Crippen molar-refractivity contribution in [3.05, 3.63) is 0 Å². The molecule has 3 atom stereocenters. The lowest BCUT2D eigenvalue weighted by Crippen LogP contribution is -2.48. The Balaban J connectivity index is 2.50. The second-order valence-corrected chi connectivity index (χ2v) is 3.13. The third-order valence-corrected chi connectivity index (χ3v) is 2.37. The minimum absolute atomic E-state index is 0.00583. The summed E-state index contributed by atoms with van der Waals surface area (Å²) in [4.78, 5) is 0. The molecule has 4 heteroatoms. The minimum atomic E-state index is -0.0151. The Bertz CT molecular complexity index is 138. The van der Waals surface area contributed by atoms with E-state index in [4.69, 9.17) is 18.9 Å². The molecule has 0 amide bonds. The van der Waals surface area contributed by atoms with Gasteiger partial charge in [-0.3, -0.25) is 0 Å². The summed E-state index contributed by atoms with van der Waals surface area (Å²) in [5.74, 6) is 0. The molecule has 1 saturated heterocycles. The van der Waals surface area contributed by atoms with E-state index in [1.165, 1.54) is 0 Å². The number of rotatable bonds is 4. The first-order valence-corrected chi connectivity index (χ1v) is 4.49. The molecule has 0 aromatic heterocycles. The van der Waals surface area contributed by atoms with Crippen LogP contribution in [0.5, 0.6) is 0 Å². The van der Waals surface area contributed by atoms with Gasteiger partial charge in [-0.25, -0.2) is 0 Å². The van der Waals surface area contributed by atoms with Crippen LogP contribution >= 0.6 is 0 Å². The normalized spacial score (nSPS) is 34.8. The molecule has 0 aromatic rings. The largest absolute Gasteiger partial charge is 0.382 e. The van der Waals surface area contributed by atoms with Crippen LogP contribution in [0.2, 0.25) is 0 Å². The molecule has 1 heterocycles. The van der Waals surface area contributed by atoms with E-state index < -0.39 is 0 Å². The van der Waals surface area contributed by atoms with Crippen LogP contribution in [0.1, 0.15) is 6.42 Å². The maximum Gasteiger partial charge on any atom is 0.112 e. The summed E-state index contributed by atoms with van der Waals surface area (Å²) in [6.45, 7) is 1.27. The standard InChI is InChI=1S/C9H18O4/c1-10-6-8-9(12-3)7(11-2)4-5-13-8/h7-9H,4-6H2,1-3H3/t7-,8+,9+/m0/s1. The third kappa shape index (κ3) is 2.64. The Morgan fingerprint density at radius 2 is 2.00 bits per heavy atom. The van der Waals surface area contributed by atoms with E-state index in [0.717, 1.165) is 6.42 Å². The van der Waals surface area contributed by atoms with Crippen LogP contribution < -0.4 is 0 Å². The van der Waals surface area contributed by atoms with E-state index in [9.17, 15) is 0 Å². The first-order valence-electron chi connectivity index (χ1n) is 4.49. The first-order chi connectivity index (χ1) is 6.33. The fourth-order valence-corrected chi connectivity index (χ4v) is 1.70. The molecule has 1 rings (SSSR count). The molecule has 78 valence electrons. The molecule has 13 heavy (non-hydrogen) atoms. The Hall–Kier alpha value is -0.160. The smallest absolute Gasteiger partial charge is 0.112 e. The summed E-state index contributed by atoms with van der Waals surface area (Å²) >= 11 is 0. The fourth-order valence-electron chi connectivity index (χ4n) is 1.70. The van der Waals surface area contributed by atoms with Gasteiger partial charge in [-0.05, 0) is 6.42 Å². The summed E-state index contributed by atoms with van der Waals surface area (Å²) < 4.78 is 21.2. The predicted molar refractivity (Wildman–Crippen MR) is 47.8 cm³/mol. The molecule has 0 saturated carbocycles. The monoisotopic (exact) mass is 190 g/mol. The second kappa shape index (κ2) is 5.54. The average Bonchev–Trinajstić information content (AvgIpc) is 2.18. The van der Waals surface area contributed by atoms with Crippen LogP contribution in [0.25, 0.3) is 0 Å². The zero-order valence-electron chi connectivity index (χ0n) is 8.49. The van der Waals surface area contributed by atoms with E-state index in [-0.39, 0.29) is 18.3 Å². The first kappa shape index (κ1) is 10.9. The fraction of sp³-hybridized carbons (Fsp3) is 1.00. The predicted octanol–water partition coefficient (Wildman–Crippen LogP) is 0.452. The van der Waals surface area contributed by atoms with Crippen LogP contribution in [0, 0.1) is 0 Å². The van der Waals surface area contributed by atoms with Gasteiger partial charge in [0.2, 0.25) is 0 Å². The van der Waals surface area contributed by atoms with Crippen LogP contribution in [-0.2, 0) is 18.9 Å². The van der Waals surface area contributed by atoms with Crippen molar-refractivity contribution in [1.82, 2.24) is 0 Å². The molecule has 0 N–H and O–H groups in total. The highest BCUT2D eigenvalue weighted by molar-refractivity contribution is 4.83. The Morgan fingerprint density at radius 1 is 1.23 bits per heavy atom. The lowest BCUT2D eigenvalue weighted by Gasteiger charge is -2.35. The van der Waals surface area contributed by atoms with Crippen molar-refractivity contribution < 1.29 is 18.9 Å². The number of hydrogen-bond acceptors (Lipinski definition) is 4. The van der Waals surface area contributed by atoms with Crippen LogP contribution in [-0.4, -0.2) is 52.9 Å². The van der Waals surface area contributed by atoms with E-state index >= 15 is 0 Å². The van der Waals surface area contributed by atoms with E-state index in [2.05, 4.69) is 0 Å². The minimum Gasteiger partial charge on any atom is -0.382 e. The zero-order chi connectivity index (χ0) is 9.68. The number of methoxy groups -OCH3 is 3. The average molecular weight is 190 g/mol. The summed E-state index contributed by atoms with van der Waals surface area (Å²) in [6, 6.07) is 0. The Kier molecular flexibility index (Phi) is 4.66. The molecular formula is C9H18O4. The zero-order valence-corrected chi connectivity index (χ0v) is 8.49. The molecule has 0 radical (unpaired) electrons. The molecule has 0 unspecified atom stereocenters. The second-order valence-electron chi connectivity index (χ2n) is 3.13. The van der Waals surface area contributed by atoms with Crippen molar-refractivity contribution in [3.63, 3.8) is 0 Å². The lowest BCUT2D eigenvalue weighted by molar-refractivity contribution is -0.171. The molecular weight excluding hydrogens is 172 g/mol. The van der Waals surface area contributed by atoms with Crippen molar-refractivity contribution in [2.24, 2.45) is 0 Å². The van der Waals surface area contributed by atoms with Gasteiger partial charge in [0.05, 0.1) is 12.7 Å². The highest BCUT2D eigenvalue weighted by Crippen LogP contribution is 2.19. The van der Waals surface area contributed by atoms with Gasteiger partial charge >= 0.3 is 0 Å². The van der Waals surface area contributed by atoms with Crippen molar-refractivity contribution in [3.8, 4) is 0 Å². The highest BCUT2D eigenvalue weighted by atomic mass is 16.6. The maximum atomic E-state index is 5.52. The topological polar surface area (TPSA) is 36.9 Å². The van der Waals surface area contributed by atoms with E-state index in [1.54, 1.807) is 21.3 Å². The van der Waals surface area contributed by atoms with Gasteiger partial charge in [0.25, 0.3) is 0 Å². The summed E-state index contributed by atoms with van der Waals surface area (Å²) in [7, 11) is 5.03. The van der Waals surface area contributed by atoms with Crippen molar-refractivity contribution >= 4 is 0 Å². The lowest BCUT2D eigenvalue weighted by atomic mass is 10.0. The van der Waals surface area contributed by atoms with Gasteiger partial charge in [0.1, 0.15) is 12.2 Å². The van der Waals surface area contributed by atoms with Gasteiger partial charge in [0.15, 0.2) is 0 Å². The van der Waals surface area contributed by atoms with Crippen molar-refractivity contribution in [2.45, 2.75) is 24.7 Å². The van der Waals surface area contributed by atoms with Crippen molar-refractivity contribution in [2.75, 3.05) is 34.5 Å². The van der Waals surface area contributed by atoms with Gasteiger partial charge < -0.3 is 18.9 Å². The Labute approximate surface area is 79.1 Å². The van der Waals surface area contributed by atoms with Crippen LogP contribution in [0.15, 0.2) is 0 Å². The maximum absolute atomic E-state index is 5.52. The molecule has 1 fully saturated rings. The SMILES string of the molecule is COC[C@H]1OCC[C@H](OC)[C@H]1OC. The van der Waals surface area contributed by atoms with E-state index in [0.29, 0.717) is 13.2 Å². The van der Waals surface area contributed by atoms with E-state index in [1.807, 2.05) is 0 Å². The molecule has 0 spiro atoms. The molecule has 0 aliphatic carbocycles. The third-order valence-electron chi connectivity index (χ3n) is 2.37. The van der Waals surface area contributed by atoms with Gasteiger partial charge in [-0.1, -0.05) is 0 Å². The quantitative estimate of drug-likeness (QED) is 0.645. The number of hydrogen-bond donors (Lipinski definition) is 0. The molecule has 0 aromatic carbocycles. The molecule has 0 bridgehead atoms. The van der Waals surface area contributed by atoms with Crippen molar-refractivity contribution in [1.29, 1.82) is 0 Å². The van der Waals surface area contributed by atoms with Crippen LogP contribution in [0.3, 0.4) is 0 Å². The van der Waals surface area contributed by atoms with Gasteiger partial charge in [-0.15, -0.1) is 0 Å². The number of ether oxygens (including phenoxy) is 4. The molecule has 1 aliphatic heterocycles. The molecule has 1 aliphatic rings. The Morgan fingerprint density at radius 3 is 2.54 bits per heavy atom. The van der Waals surface area contributed by atoms with Crippen LogP contribution in [0.4, 0.5) is 0 Å². The summed E-state index contributed by atoms with van der Waals surface area (Å²) in [5, 5.41) is 0. The highest BCUT2D eigenvalue weighted by Gasteiger charge is 2.34.